The SMILES string of the molecule is CC(N)CCC(=O)Nc1ccccc1CN1CCc2ccccc21. The quantitative estimate of drug-likeness (QED) is 0.857. The van der Waals surface area contributed by atoms with Gasteiger partial charge in [0.2, 0.25) is 5.91 Å². The Morgan fingerprint density at radius 2 is 1.96 bits per heavy atom. The van der Waals surface area contributed by atoms with Crippen molar-refractivity contribution in [2.75, 3.05) is 16.8 Å². The molecule has 1 atom stereocenters. The molecule has 0 bridgehead atoms. The second kappa shape index (κ2) is 7.49. The largest absolute Gasteiger partial charge is 0.367 e. The molecule has 4 nitrogen and oxygen atoms in total. The number of carbonyl (C=O) groups excluding carboxylic acids is 1. The Labute approximate surface area is 143 Å². The number of nitrogens with two attached hydrogens (primary N) is 1. The van der Waals surface area contributed by atoms with Crippen LogP contribution in [-0.2, 0) is 17.8 Å². The Morgan fingerprint density at radius 3 is 2.79 bits per heavy atom. The number of carbonyl (C=O) groups is 1. The molecule has 1 aliphatic heterocycles. The van der Waals surface area contributed by atoms with Gasteiger partial charge in [0.1, 0.15) is 0 Å². The third-order valence-electron chi connectivity index (χ3n) is 4.46. The van der Waals surface area contributed by atoms with E-state index >= 15 is 0 Å². The fraction of sp³-hybridized carbons (Fsp3) is 0.350. The van der Waals surface area contributed by atoms with E-state index in [2.05, 4.69) is 40.5 Å². The molecule has 1 unspecified atom stereocenters. The Morgan fingerprint density at radius 1 is 1.21 bits per heavy atom. The Bertz CT molecular complexity index is 712. The zero-order chi connectivity index (χ0) is 16.9. The third-order valence-corrected chi connectivity index (χ3v) is 4.46. The minimum absolute atomic E-state index is 0.0292. The minimum atomic E-state index is 0.0292. The van der Waals surface area contributed by atoms with Crippen LogP contribution in [0.1, 0.15) is 30.9 Å². The first kappa shape index (κ1) is 16.5. The van der Waals surface area contributed by atoms with Crippen LogP contribution < -0.4 is 16.0 Å². The highest BCUT2D eigenvalue weighted by atomic mass is 16.1. The molecule has 1 amide bonds. The molecule has 1 heterocycles. The highest BCUT2D eigenvalue weighted by Gasteiger charge is 2.19. The van der Waals surface area contributed by atoms with E-state index in [9.17, 15) is 4.79 Å². The van der Waals surface area contributed by atoms with Crippen molar-refractivity contribution in [3.63, 3.8) is 0 Å². The normalized spacial score (nSPS) is 14.3. The molecule has 0 radical (unpaired) electrons. The molecule has 1 aliphatic rings. The van der Waals surface area contributed by atoms with Gasteiger partial charge in [-0.05, 0) is 43.0 Å². The molecule has 2 aromatic rings. The number of rotatable bonds is 6. The summed E-state index contributed by atoms with van der Waals surface area (Å²) in [5.41, 5.74) is 10.5. The number of anilines is 2. The summed E-state index contributed by atoms with van der Waals surface area (Å²) in [4.78, 5) is 14.5. The van der Waals surface area contributed by atoms with E-state index in [0.717, 1.165) is 30.8 Å². The Hall–Kier alpha value is -2.33. The van der Waals surface area contributed by atoms with Crippen molar-refractivity contribution in [1.82, 2.24) is 0 Å². The summed E-state index contributed by atoms with van der Waals surface area (Å²) < 4.78 is 0. The van der Waals surface area contributed by atoms with Gasteiger partial charge in [0.15, 0.2) is 0 Å². The summed E-state index contributed by atoms with van der Waals surface area (Å²) in [6.45, 7) is 3.75. The van der Waals surface area contributed by atoms with Gasteiger partial charge in [0, 0.05) is 36.9 Å². The molecule has 0 aliphatic carbocycles. The molecule has 3 rings (SSSR count). The lowest BCUT2D eigenvalue weighted by Crippen LogP contribution is -2.22. The van der Waals surface area contributed by atoms with Crippen LogP contribution in [0.4, 0.5) is 11.4 Å². The summed E-state index contributed by atoms with van der Waals surface area (Å²) in [5, 5.41) is 3.04. The first-order valence-corrected chi connectivity index (χ1v) is 8.59. The van der Waals surface area contributed by atoms with Crippen molar-refractivity contribution >= 4 is 17.3 Å². The van der Waals surface area contributed by atoms with Crippen LogP contribution in [0.2, 0.25) is 0 Å². The van der Waals surface area contributed by atoms with Crippen molar-refractivity contribution < 1.29 is 4.79 Å². The number of hydrogen-bond acceptors (Lipinski definition) is 3. The second-order valence-electron chi connectivity index (χ2n) is 6.52. The lowest BCUT2D eigenvalue weighted by molar-refractivity contribution is -0.116. The molecule has 126 valence electrons. The number of nitrogens with one attached hydrogen (secondary N) is 1. The molecule has 0 saturated carbocycles. The number of nitrogens with zero attached hydrogens (tertiary/aromatic N) is 1. The van der Waals surface area contributed by atoms with E-state index in [4.69, 9.17) is 5.73 Å². The molecule has 0 spiro atoms. The number of benzene rings is 2. The summed E-state index contributed by atoms with van der Waals surface area (Å²) >= 11 is 0. The molecular formula is C20H25N3O. The summed E-state index contributed by atoms with van der Waals surface area (Å²) in [5.74, 6) is 0.0292. The van der Waals surface area contributed by atoms with E-state index in [1.165, 1.54) is 11.3 Å². The third kappa shape index (κ3) is 3.95. The van der Waals surface area contributed by atoms with Crippen LogP contribution in [0, 0.1) is 0 Å². The zero-order valence-corrected chi connectivity index (χ0v) is 14.2. The van der Waals surface area contributed by atoms with Crippen LogP contribution >= 0.6 is 0 Å². The van der Waals surface area contributed by atoms with Gasteiger partial charge in [-0.3, -0.25) is 4.79 Å². The first-order valence-electron chi connectivity index (χ1n) is 8.59. The van der Waals surface area contributed by atoms with E-state index in [1.54, 1.807) is 0 Å². The predicted octanol–water partition coefficient (Wildman–Crippen LogP) is 3.32. The van der Waals surface area contributed by atoms with Crippen LogP contribution in [-0.4, -0.2) is 18.5 Å². The fourth-order valence-electron chi connectivity index (χ4n) is 3.13. The fourth-order valence-corrected chi connectivity index (χ4v) is 3.13. The Kier molecular flexibility index (Phi) is 5.16. The topological polar surface area (TPSA) is 58.4 Å². The van der Waals surface area contributed by atoms with Gasteiger partial charge >= 0.3 is 0 Å². The molecule has 3 N–H and O–H groups in total. The summed E-state index contributed by atoms with van der Waals surface area (Å²) in [6.07, 6.45) is 2.24. The van der Waals surface area contributed by atoms with Gasteiger partial charge < -0.3 is 16.0 Å². The van der Waals surface area contributed by atoms with E-state index < -0.39 is 0 Å². The Balaban J connectivity index is 1.70. The summed E-state index contributed by atoms with van der Waals surface area (Å²) in [7, 11) is 0. The smallest absolute Gasteiger partial charge is 0.224 e. The average molecular weight is 323 g/mol. The number of amides is 1. The molecule has 24 heavy (non-hydrogen) atoms. The molecule has 0 fully saturated rings. The van der Waals surface area contributed by atoms with Gasteiger partial charge in [0.05, 0.1) is 0 Å². The molecular weight excluding hydrogens is 298 g/mol. The van der Waals surface area contributed by atoms with Crippen molar-refractivity contribution in [2.24, 2.45) is 5.73 Å². The van der Waals surface area contributed by atoms with Crippen molar-refractivity contribution in [3.8, 4) is 0 Å². The van der Waals surface area contributed by atoms with Crippen LogP contribution in [0.3, 0.4) is 0 Å². The summed E-state index contributed by atoms with van der Waals surface area (Å²) in [6, 6.07) is 16.6. The van der Waals surface area contributed by atoms with Gasteiger partial charge in [-0.15, -0.1) is 0 Å². The van der Waals surface area contributed by atoms with Crippen LogP contribution in [0.15, 0.2) is 48.5 Å². The molecule has 2 aromatic carbocycles. The zero-order valence-electron chi connectivity index (χ0n) is 14.2. The van der Waals surface area contributed by atoms with Crippen molar-refractivity contribution in [1.29, 1.82) is 0 Å². The highest BCUT2D eigenvalue weighted by molar-refractivity contribution is 5.91. The molecule has 0 saturated heterocycles. The van der Waals surface area contributed by atoms with Crippen molar-refractivity contribution in [2.45, 2.75) is 38.8 Å². The van der Waals surface area contributed by atoms with E-state index in [-0.39, 0.29) is 11.9 Å². The van der Waals surface area contributed by atoms with Crippen molar-refractivity contribution in [3.05, 3.63) is 59.7 Å². The first-order chi connectivity index (χ1) is 11.6. The standard InChI is InChI=1S/C20H25N3O/c1-15(21)10-11-20(24)22-18-8-4-2-7-17(18)14-23-13-12-16-6-3-5-9-19(16)23/h2-9,15H,10-14,21H2,1H3,(H,22,24). The maximum atomic E-state index is 12.1. The second-order valence-corrected chi connectivity index (χ2v) is 6.52. The van der Waals surface area contributed by atoms with Gasteiger partial charge in [-0.1, -0.05) is 36.4 Å². The monoisotopic (exact) mass is 323 g/mol. The molecule has 0 aromatic heterocycles. The van der Waals surface area contributed by atoms with Gasteiger partial charge in [-0.25, -0.2) is 0 Å². The maximum Gasteiger partial charge on any atom is 0.224 e. The van der Waals surface area contributed by atoms with E-state index in [1.807, 2.05) is 25.1 Å². The van der Waals surface area contributed by atoms with E-state index in [0.29, 0.717) is 12.8 Å². The lowest BCUT2D eigenvalue weighted by Gasteiger charge is -2.21. The lowest BCUT2D eigenvalue weighted by atomic mass is 10.1. The average Bonchev–Trinajstić information content (AvgIpc) is 2.98. The number of para-hydroxylation sites is 2. The number of hydrogen-bond donors (Lipinski definition) is 2. The molecule has 4 heteroatoms. The van der Waals surface area contributed by atoms with Gasteiger partial charge in [0.25, 0.3) is 0 Å². The highest BCUT2D eigenvalue weighted by Crippen LogP contribution is 2.30. The van der Waals surface area contributed by atoms with Gasteiger partial charge in [-0.2, -0.15) is 0 Å². The number of fused-ring (bicyclic) bond motifs is 1. The van der Waals surface area contributed by atoms with Crippen LogP contribution in [0.5, 0.6) is 0 Å². The predicted molar refractivity (Wildman–Crippen MR) is 99.2 cm³/mol. The van der Waals surface area contributed by atoms with Crippen LogP contribution in [0.25, 0.3) is 0 Å². The maximum absolute atomic E-state index is 12.1. The minimum Gasteiger partial charge on any atom is -0.367 e.